The van der Waals surface area contributed by atoms with Gasteiger partial charge >= 0.3 is 8.69 Å². The van der Waals surface area contributed by atoms with Crippen LogP contribution in [0.25, 0.3) is 0 Å². The number of rotatable bonds is 9. The van der Waals surface area contributed by atoms with Gasteiger partial charge in [0.1, 0.15) is 0 Å². The van der Waals surface area contributed by atoms with Crippen molar-refractivity contribution in [2.24, 2.45) is 0 Å². The molecule has 0 saturated heterocycles. The number of benzene rings is 1. The van der Waals surface area contributed by atoms with Gasteiger partial charge in [0.25, 0.3) is 0 Å². The monoisotopic (exact) mass is 270 g/mol. The largest absolute Gasteiger partial charge is 0.327 e. The molecule has 0 radical (unpaired) electrons. The standard InChI is InChI=1S/C13H19O2PS/c1-2-7-12(10-6-11-15-16-14)17-13-8-4-3-5-9-13/h3-5,8-9,12H,2,6-7,10-11H2,1H3. The first-order chi connectivity index (χ1) is 8.36. The molecule has 0 bridgehead atoms. The summed E-state index contributed by atoms with van der Waals surface area (Å²) in [6, 6.07) is 10.5. The van der Waals surface area contributed by atoms with E-state index in [1.54, 1.807) is 0 Å². The molecular weight excluding hydrogens is 251 g/mol. The summed E-state index contributed by atoms with van der Waals surface area (Å²) in [7, 11) is -0.204. The number of thioether (sulfide) groups is 1. The molecule has 0 aromatic heterocycles. The SMILES string of the molecule is CCCC(CCCOP=O)Sc1ccccc1. The summed E-state index contributed by atoms with van der Waals surface area (Å²) in [5.74, 6) is 0. The Balaban J connectivity index is 2.34. The molecule has 0 saturated carbocycles. The third-order valence-corrected chi connectivity index (χ3v) is 4.11. The van der Waals surface area contributed by atoms with E-state index in [1.807, 2.05) is 17.8 Å². The average molecular weight is 270 g/mol. The summed E-state index contributed by atoms with van der Waals surface area (Å²) in [5.41, 5.74) is 0. The van der Waals surface area contributed by atoms with Crippen molar-refractivity contribution in [3.63, 3.8) is 0 Å². The van der Waals surface area contributed by atoms with Crippen LogP contribution < -0.4 is 0 Å². The second-order valence-electron chi connectivity index (χ2n) is 3.89. The van der Waals surface area contributed by atoms with Crippen LogP contribution in [0.2, 0.25) is 0 Å². The number of hydrogen-bond donors (Lipinski definition) is 0. The Labute approximate surface area is 109 Å². The molecule has 1 aromatic carbocycles. The fourth-order valence-corrected chi connectivity index (χ4v) is 3.23. The molecule has 0 N–H and O–H groups in total. The van der Waals surface area contributed by atoms with Crippen molar-refractivity contribution in [1.82, 2.24) is 0 Å². The highest BCUT2D eigenvalue weighted by Gasteiger charge is 2.09. The second-order valence-corrected chi connectivity index (χ2v) is 5.67. The average Bonchev–Trinajstić information content (AvgIpc) is 2.36. The summed E-state index contributed by atoms with van der Waals surface area (Å²) < 4.78 is 15.0. The van der Waals surface area contributed by atoms with E-state index in [9.17, 15) is 4.57 Å². The van der Waals surface area contributed by atoms with Crippen molar-refractivity contribution in [2.45, 2.75) is 42.8 Å². The van der Waals surface area contributed by atoms with Gasteiger partial charge in [0.15, 0.2) is 0 Å². The van der Waals surface area contributed by atoms with Crippen molar-refractivity contribution in [3.8, 4) is 0 Å². The van der Waals surface area contributed by atoms with Crippen molar-refractivity contribution >= 4 is 20.4 Å². The van der Waals surface area contributed by atoms with Crippen LogP contribution in [-0.2, 0) is 9.09 Å². The predicted octanol–water partition coefficient (Wildman–Crippen LogP) is 4.95. The predicted molar refractivity (Wildman–Crippen MR) is 73.8 cm³/mol. The molecule has 0 aliphatic heterocycles. The highest BCUT2D eigenvalue weighted by atomic mass is 32.2. The molecule has 4 heteroatoms. The first-order valence-corrected chi connectivity index (χ1v) is 7.64. The minimum atomic E-state index is -0.204. The molecule has 1 unspecified atom stereocenters. The molecule has 1 atom stereocenters. The Morgan fingerprint density at radius 1 is 1.29 bits per heavy atom. The van der Waals surface area contributed by atoms with Gasteiger partial charge in [-0.2, -0.15) is 0 Å². The summed E-state index contributed by atoms with van der Waals surface area (Å²) in [6.07, 6.45) is 4.50. The smallest absolute Gasteiger partial charge is 0.294 e. The molecule has 0 fully saturated rings. The van der Waals surface area contributed by atoms with Gasteiger partial charge in [0.2, 0.25) is 0 Å². The molecule has 0 heterocycles. The molecule has 1 aromatic rings. The van der Waals surface area contributed by atoms with Crippen molar-refractivity contribution in [1.29, 1.82) is 0 Å². The zero-order valence-corrected chi connectivity index (χ0v) is 11.9. The molecule has 1 rings (SSSR count). The van der Waals surface area contributed by atoms with E-state index < -0.39 is 0 Å². The minimum absolute atomic E-state index is 0.204. The summed E-state index contributed by atoms with van der Waals surface area (Å²) in [4.78, 5) is 1.33. The fourth-order valence-electron chi connectivity index (χ4n) is 1.69. The first-order valence-electron chi connectivity index (χ1n) is 6.03. The zero-order valence-electron chi connectivity index (χ0n) is 10.2. The van der Waals surface area contributed by atoms with Gasteiger partial charge in [-0.05, 0) is 31.4 Å². The zero-order chi connectivity index (χ0) is 12.3. The Morgan fingerprint density at radius 2 is 2.06 bits per heavy atom. The third-order valence-electron chi connectivity index (χ3n) is 2.47. The van der Waals surface area contributed by atoms with Crippen LogP contribution in [0.15, 0.2) is 35.2 Å². The van der Waals surface area contributed by atoms with Crippen LogP contribution in [0.1, 0.15) is 32.6 Å². The maximum Gasteiger partial charge on any atom is 0.327 e. The van der Waals surface area contributed by atoms with Gasteiger partial charge in [0.05, 0.1) is 6.61 Å². The minimum Gasteiger partial charge on any atom is -0.294 e. The molecular formula is C13H19O2PS. The Bertz CT molecular complexity index is 306. The van der Waals surface area contributed by atoms with Gasteiger partial charge in [-0.25, -0.2) is 4.57 Å². The quantitative estimate of drug-likeness (QED) is 0.361. The fraction of sp³-hybridized carbons (Fsp3) is 0.538. The first kappa shape index (κ1) is 14.7. The summed E-state index contributed by atoms with van der Waals surface area (Å²) in [6.45, 7) is 2.80. The molecule has 0 amide bonds. The molecule has 0 spiro atoms. The lowest BCUT2D eigenvalue weighted by molar-refractivity contribution is 0.329. The molecule has 94 valence electrons. The normalized spacial score (nSPS) is 12.8. The molecule has 0 aliphatic rings. The lowest BCUT2D eigenvalue weighted by atomic mass is 10.1. The Morgan fingerprint density at radius 3 is 2.71 bits per heavy atom. The Kier molecular flexibility index (Phi) is 8.33. The summed E-state index contributed by atoms with van der Waals surface area (Å²) in [5, 5.41) is 0.634. The molecule has 0 aliphatic carbocycles. The van der Waals surface area contributed by atoms with E-state index in [2.05, 4.69) is 31.2 Å². The van der Waals surface area contributed by atoms with E-state index in [1.165, 1.54) is 17.7 Å². The maximum absolute atomic E-state index is 10.1. The Hall–Kier alpha value is -0.370. The van der Waals surface area contributed by atoms with Crippen LogP contribution >= 0.6 is 20.4 Å². The molecule has 17 heavy (non-hydrogen) atoms. The van der Waals surface area contributed by atoms with Crippen LogP contribution in [-0.4, -0.2) is 11.9 Å². The third kappa shape index (κ3) is 6.82. The van der Waals surface area contributed by atoms with E-state index in [4.69, 9.17) is 4.52 Å². The van der Waals surface area contributed by atoms with Crippen LogP contribution in [0, 0.1) is 0 Å². The van der Waals surface area contributed by atoms with Gasteiger partial charge in [0, 0.05) is 10.1 Å². The topological polar surface area (TPSA) is 26.3 Å². The van der Waals surface area contributed by atoms with E-state index >= 15 is 0 Å². The van der Waals surface area contributed by atoms with Crippen molar-refractivity contribution < 1.29 is 9.09 Å². The van der Waals surface area contributed by atoms with Gasteiger partial charge in [-0.3, -0.25) is 4.52 Å². The van der Waals surface area contributed by atoms with E-state index in [0.717, 1.165) is 12.8 Å². The maximum atomic E-state index is 10.1. The van der Waals surface area contributed by atoms with E-state index in [0.29, 0.717) is 11.9 Å². The lowest BCUT2D eigenvalue weighted by Gasteiger charge is -2.15. The van der Waals surface area contributed by atoms with Crippen LogP contribution in [0.4, 0.5) is 0 Å². The van der Waals surface area contributed by atoms with E-state index in [-0.39, 0.29) is 8.69 Å². The highest BCUT2D eigenvalue weighted by Crippen LogP contribution is 2.29. The van der Waals surface area contributed by atoms with Gasteiger partial charge in [-0.15, -0.1) is 11.8 Å². The van der Waals surface area contributed by atoms with Crippen LogP contribution in [0.5, 0.6) is 0 Å². The highest BCUT2D eigenvalue weighted by molar-refractivity contribution is 8.00. The number of hydrogen-bond acceptors (Lipinski definition) is 3. The second kappa shape index (κ2) is 9.64. The molecule has 2 nitrogen and oxygen atoms in total. The van der Waals surface area contributed by atoms with Gasteiger partial charge in [-0.1, -0.05) is 31.5 Å². The van der Waals surface area contributed by atoms with Gasteiger partial charge < -0.3 is 0 Å². The summed E-state index contributed by atoms with van der Waals surface area (Å²) >= 11 is 1.94. The lowest BCUT2D eigenvalue weighted by Crippen LogP contribution is -2.03. The van der Waals surface area contributed by atoms with Crippen molar-refractivity contribution in [3.05, 3.63) is 30.3 Å². The van der Waals surface area contributed by atoms with Crippen molar-refractivity contribution in [2.75, 3.05) is 6.61 Å². The van der Waals surface area contributed by atoms with Crippen LogP contribution in [0.3, 0.4) is 0 Å².